The zero-order valence-electron chi connectivity index (χ0n) is 14.8. The predicted molar refractivity (Wildman–Crippen MR) is 92.4 cm³/mol. The summed E-state index contributed by atoms with van der Waals surface area (Å²) in [4.78, 5) is 17.4. The van der Waals surface area contributed by atoms with Crippen LogP contribution in [-0.2, 0) is 17.7 Å². The lowest BCUT2D eigenvalue weighted by molar-refractivity contribution is 0.0264. The summed E-state index contributed by atoms with van der Waals surface area (Å²) in [5.74, 6) is 0.586. The average molecular weight is 348 g/mol. The smallest absolute Gasteiger partial charge is 0.257 e. The van der Waals surface area contributed by atoms with E-state index >= 15 is 0 Å². The molecule has 0 aromatic carbocycles. The average Bonchev–Trinajstić information content (AvgIpc) is 3.26. The largest absolute Gasteiger partial charge is 0.396 e. The number of likely N-dealkylation sites (tertiary alicyclic amines) is 1. The maximum absolute atomic E-state index is 13.0. The van der Waals surface area contributed by atoms with Gasteiger partial charge in [0.05, 0.1) is 30.7 Å². The third-order valence-electron chi connectivity index (χ3n) is 5.91. The molecule has 4 rings (SSSR count). The number of aryl methyl sites for hydroxylation is 1. The summed E-state index contributed by atoms with van der Waals surface area (Å²) in [6, 6.07) is 0. The van der Waals surface area contributed by atoms with E-state index in [2.05, 4.69) is 10.00 Å². The maximum Gasteiger partial charge on any atom is 0.257 e. The Morgan fingerprint density at radius 2 is 2.00 bits per heavy atom. The molecular weight excluding hydrogens is 320 g/mol. The first kappa shape index (κ1) is 17.0. The molecule has 0 radical (unpaired) electrons. The van der Waals surface area contributed by atoms with E-state index in [4.69, 9.17) is 4.74 Å². The molecule has 4 heterocycles. The van der Waals surface area contributed by atoms with Crippen LogP contribution in [0, 0.1) is 11.8 Å². The molecule has 0 bridgehead atoms. The first-order chi connectivity index (χ1) is 12.3. The molecule has 0 unspecified atom stereocenters. The Morgan fingerprint density at radius 3 is 2.80 bits per heavy atom. The molecule has 1 amide bonds. The fraction of sp³-hybridized carbons (Fsp3) is 0.778. The predicted octanol–water partition coefficient (Wildman–Crippen LogP) is 0.232. The number of hydrogen-bond acceptors (Lipinski definition) is 5. The van der Waals surface area contributed by atoms with Crippen LogP contribution in [0.5, 0.6) is 0 Å². The molecule has 7 heteroatoms. The van der Waals surface area contributed by atoms with Gasteiger partial charge in [0.1, 0.15) is 0 Å². The minimum Gasteiger partial charge on any atom is -0.396 e. The Kier molecular flexibility index (Phi) is 5.05. The van der Waals surface area contributed by atoms with Crippen LogP contribution in [0.3, 0.4) is 0 Å². The van der Waals surface area contributed by atoms with Gasteiger partial charge in [-0.25, -0.2) is 0 Å². The van der Waals surface area contributed by atoms with Crippen LogP contribution in [0.1, 0.15) is 28.9 Å². The Morgan fingerprint density at radius 1 is 1.20 bits per heavy atom. The Balaban J connectivity index is 1.44. The third kappa shape index (κ3) is 3.45. The monoisotopic (exact) mass is 348 g/mol. The number of aliphatic hydroxyl groups excluding tert-OH is 1. The van der Waals surface area contributed by atoms with Gasteiger partial charge in [-0.3, -0.25) is 14.4 Å². The fourth-order valence-corrected chi connectivity index (χ4v) is 4.40. The highest BCUT2D eigenvalue weighted by molar-refractivity contribution is 5.95. The van der Waals surface area contributed by atoms with Gasteiger partial charge in [0.2, 0.25) is 0 Å². The number of ether oxygens (including phenoxy) is 1. The highest BCUT2D eigenvalue weighted by Gasteiger charge is 2.37. The Hall–Kier alpha value is -1.44. The summed E-state index contributed by atoms with van der Waals surface area (Å²) in [5, 5.41) is 14.2. The maximum atomic E-state index is 13.0. The topological polar surface area (TPSA) is 70.8 Å². The van der Waals surface area contributed by atoms with Gasteiger partial charge in [-0.1, -0.05) is 0 Å². The van der Waals surface area contributed by atoms with Crippen molar-refractivity contribution in [2.24, 2.45) is 11.8 Å². The quantitative estimate of drug-likeness (QED) is 0.844. The molecule has 3 aliphatic heterocycles. The number of aliphatic hydroxyl groups is 1. The summed E-state index contributed by atoms with van der Waals surface area (Å²) in [6.45, 7) is 6.82. The number of rotatable bonds is 4. The van der Waals surface area contributed by atoms with E-state index in [0.29, 0.717) is 12.5 Å². The lowest BCUT2D eigenvalue weighted by Gasteiger charge is -2.30. The fourth-order valence-electron chi connectivity index (χ4n) is 4.40. The molecule has 1 N–H and O–H groups in total. The lowest BCUT2D eigenvalue weighted by Crippen LogP contribution is -2.41. The van der Waals surface area contributed by atoms with Crippen molar-refractivity contribution in [1.29, 1.82) is 0 Å². The van der Waals surface area contributed by atoms with Gasteiger partial charge in [-0.05, 0) is 25.2 Å². The molecule has 25 heavy (non-hydrogen) atoms. The van der Waals surface area contributed by atoms with Crippen LogP contribution in [0.15, 0.2) is 6.20 Å². The van der Waals surface area contributed by atoms with Crippen molar-refractivity contribution in [2.45, 2.75) is 25.8 Å². The molecule has 1 aromatic rings. The van der Waals surface area contributed by atoms with Crippen molar-refractivity contribution in [1.82, 2.24) is 19.6 Å². The van der Waals surface area contributed by atoms with Crippen LogP contribution in [0.2, 0.25) is 0 Å². The molecule has 3 aliphatic rings. The van der Waals surface area contributed by atoms with E-state index in [9.17, 15) is 9.90 Å². The minimum absolute atomic E-state index is 0.0890. The molecule has 2 fully saturated rings. The van der Waals surface area contributed by atoms with Gasteiger partial charge >= 0.3 is 0 Å². The van der Waals surface area contributed by atoms with Gasteiger partial charge in [-0.2, -0.15) is 5.10 Å². The van der Waals surface area contributed by atoms with Gasteiger partial charge in [-0.15, -0.1) is 0 Å². The Labute approximate surface area is 148 Å². The highest BCUT2D eigenvalue weighted by Crippen LogP contribution is 2.27. The second-order valence-electron chi connectivity index (χ2n) is 7.51. The van der Waals surface area contributed by atoms with E-state index in [0.717, 1.165) is 76.5 Å². The molecule has 0 aliphatic carbocycles. The number of hydrogen-bond donors (Lipinski definition) is 1. The number of morpholine rings is 1. The van der Waals surface area contributed by atoms with Crippen LogP contribution in [0.25, 0.3) is 0 Å². The molecular formula is C18H28N4O3. The molecule has 0 spiro atoms. The van der Waals surface area contributed by atoms with E-state index in [-0.39, 0.29) is 18.4 Å². The normalized spacial score (nSPS) is 27.5. The number of carbonyl (C=O) groups is 1. The number of fused-ring (bicyclic) bond motifs is 1. The van der Waals surface area contributed by atoms with E-state index < -0.39 is 0 Å². The SMILES string of the molecule is O=C(c1cnn2c1CCCC2)N1C[C@@H](CN2CCOCC2)[C@@H](CO)C1. The van der Waals surface area contributed by atoms with Gasteiger partial charge in [0.15, 0.2) is 0 Å². The van der Waals surface area contributed by atoms with E-state index in [1.54, 1.807) is 6.20 Å². The van der Waals surface area contributed by atoms with Gasteiger partial charge in [0.25, 0.3) is 5.91 Å². The molecule has 1 aromatic heterocycles. The van der Waals surface area contributed by atoms with Crippen LogP contribution < -0.4 is 0 Å². The van der Waals surface area contributed by atoms with E-state index in [1.165, 1.54) is 0 Å². The minimum atomic E-state index is 0.0890. The summed E-state index contributed by atoms with van der Waals surface area (Å²) in [7, 11) is 0. The van der Waals surface area contributed by atoms with Crippen molar-refractivity contribution in [3.8, 4) is 0 Å². The zero-order chi connectivity index (χ0) is 17.2. The van der Waals surface area contributed by atoms with Crippen LogP contribution in [-0.4, -0.2) is 83.1 Å². The molecule has 7 nitrogen and oxygen atoms in total. The Bertz CT molecular complexity index is 611. The van der Waals surface area contributed by atoms with Gasteiger partial charge < -0.3 is 14.7 Å². The summed E-state index contributed by atoms with van der Waals surface area (Å²) >= 11 is 0. The van der Waals surface area contributed by atoms with Crippen molar-refractivity contribution < 1.29 is 14.6 Å². The number of nitrogens with zero attached hydrogens (tertiary/aromatic N) is 4. The number of carbonyl (C=O) groups excluding carboxylic acids is 1. The molecule has 2 saturated heterocycles. The molecule has 0 saturated carbocycles. The zero-order valence-corrected chi connectivity index (χ0v) is 14.8. The van der Waals surface area contributed by atoms with E-state index in [1.807, 2.05) is 9.58 Å². The summed E-state index contributed by atoms with van der Waals surface area (Å²) in [6.07, 6.45) is 4.95. The summed E-state index contributed by atoms with van der Waals surface area (Å²) < 4.78 is 7.40. The highest BCUT2D eigenvalue weighted by atomic mass is 16.5. The first-order valence-corrected chi connectivity index (χ1v) is 9.51. The van der Waals surface area contributed by atoms with Gasteiger partial charge in [0, 0.05) is 51.8 Å². The third-order valence-corrected chi connectivity index (χ3v) is 5.91. The van der Waals surface area contributed by atoms with Crippen LogP contribution in [0.4, 0.5) is 0 Å². The van der Waals surface area contributed by atoms with Crippen molar-refractivity contribution in [3.05, 3.63) is 17.5 Å². The van der Waals surface area contributed by atoms with Crippen molar-refractivity contribution in [3.63, 3.8) is 0 Å². The van der Waals surface area contributed by atoms with Crippen molar-refractivity contribution in [2.75, 3.05) is 52.5 Å². The second-order valence-corrected chi connectivity index (χ2v) is 7.51. The van der Waals surface area contributed by atoms with Crippen molar-refractivity contribution >= 4 is 5.91 Å². The molecule has 138 valence electrons. The number of amides is 1. The lowest BCUT2D eigenvalue weighted by atomic mass is 9.96. The molecule has 2 atom stereocenters. The first-order valence-electron chi connectivity index (χ1n) is 9.51. The number of aromatic nitrogens is 2. The summed E-state index contributed by atoms with van der Waals surface area (Å²) in [5.41, 5.74) is 1.86. The standard InChI is InChI=1S/C18H28N4O3/c23-13-15-12-21(11-14(15)10-20-5-7-25-8-6-20)18(24)16-9-19-22-4-2-1-3-17(16)22/h9,14-15,23H,1-8,10-13H2/t14-,15-/m1/s1. The van der Waals surface area contributed by atoms with Crippen LogP contribution >= 0.6 is 0 Å². The second kappa shape index (κ2) is 7.43.